The smallest absolute Gasteiger partial charge is 0.130 e. The second-order valence-corrected chi connectivity index (χ2v) is 7.53. The summed E-state index contributed by atoms with van der Waals surface area (Å²) in [6, 6.07) is 13.8. The van der Waals surface area contributed by atoms with Gasteiger partial charge in [-0.3, -0.25) is 10.2 Å². The lowest BCUT2D eigenvalue weighted by atomic mass is 10.3. The highest BCUT2D eigenvalue weighted by molar-refractivity contribution is 7.13. The third-order valence-corrected chi connectivity index (χ3v) is 5.49. The van der Waals surface area contributed by atoms with Crippen LogP contribution < -0.4 is 0 Å². The quantitative estimate of drug-likeness (QED) is 0.368. The maximum Gasteiger partial charge on any atom is 0.130 e. The molecule has 9 nitrogen and oxygen atoms in total. The van der Waals surface area contributed by atoms with Gasteiger partial charge in [-0.05, 0) is 35.0 Å². The van der Waals surface area contributed by atoms with E-state index in [1.165, 1.54) is 4.88 Å². The van der Waals surface area contributed by atoms with Gasteiger partial charge in [-0.15, -0.1) is 22.7 Å². The monoisotopic (exact) mass is 436 g/mol. The highest BCUT2D eigenvalue weighted by Crippen LogP contribution is 2.22. The van der Waals surface area contributed by atoms with E-state index in [1.807, 2.05) is 41.8 Å². The number of nitrogens with zero attached hydrogens (tertiary/aromatic N) is 5. The molecule has 6 aromatic rings. The lowest BCUT2D eigenvalue weighted by molar-refractivity contribution is 0.422. The van der Waals surface area contributed by atoms with E-state index in [1.54, 1.807) is 47.5 Å². The zero-order chi connectivity index (χ0) is 20.4. The second-order valence-electron chi connectivity index (χ2n) is 5.64. The zero-order valence-corrected chi connectivity index (χ0v) is 17.1. The summed E-state index contributed by atoms with van der Waals surface area (Å²) >= 11 is 3.37. The van der Waals surface area contributed by atoms with Gasteiger partial charge in [-0.25, -0.2) is 0 Å². The lowest BCUT2D eigenvalue weighted by Gasteiger charge is -1.85. The lowest BCUT2D eigenvalue weighted by Crippen LogP contribution is -1.76. The summed E-state index contributed by atoms with van der Waals surface area (Å²) in [5, 5.41) is 31.2. The van der Waals surface area contributed by atoms with E-state index in [-0.39, 0.29) is 0 Å². The minimum atomic E-state index is 0.775. The number of aromatic amines is 3. The van der Waals surface area contributed by atoms with Gasteiger partial charge in [0.1, 0.15) is 17.7 Å². The molecular weight excluding hydrogens is 420 g/mol. The molecule has 6 aromatic heterocycles. The molecule has 0 aliphatic rings. The molecule has 0 saturated carbocycles. The Bertz CT molecular complexity index is 912. The Balaban J connectivity index is 0.000000109. The van der Waals surface area contributed by atoms with Gasteiger partial charge in [-0.2, -0.15) is 25.6 Å². The molecule has 6 heterocycles. The standard InChI is InChI=1S/C7H6N2S.C7H5NOS.C5H5N5/c1-2-7(10-5-1)6-3-4-8-9-6;1-2-7(10-5-1)6-3-4-9-8-6;1-2-6-8-4(1)5-3-7-10-9-5/h1-5H,(H,8,9);1-5H;1-3H,(H,6,8)(H,7,9,10). The highest BCUT2D eigenvalue weighted by Gasteiger charge is 2.00. The first-order valence-electron chi connectivity index (χ1n) is 8.73. The zero-order valence-electron chi connectivity index (χ0n) is 15.5. The molecule has 0 unspecified atom stereocenters. The van der Waals surface area contributed by atoms with Crippen LogP contribution in [0.3, 0.4) is 0 Å². The van der Waals surface area contributed by atoms with Gasteiger partial charge in [0.25, 0.3) is 0 Å². The molecule has 0 bridgehead atoms. The van der Waals surface area contributed by atoms with Crippen LogP contribution in [0.1, 0.15) is 0 Å². The molecule has 0 atom stereocenters. The minimum absolute atomic E-state index is 0.775. The van der Waals surface area contributed by atoms with Crippen LogP contribution in [0.4, 0.5) is 0 Å². The largest absolute Gasteiger partial charge is 0.364 e. The fourth-order valence-electron chi connectivity index (χ4n) is 2.32. The molecule has 0 fully saturated rings. The van der Waals surface area contributed by atoms with E-state index in [9.17, 15) is 0 Å². The van der Waals surface area contributed by atoms with Crippen molar-refractivity contribution in [1.82, 2.24) is 41.0 Å². The summed E-state index contributed by atoms with van der Waals surface area (Å²) < 4.78 is 4.69. The molecule has 150 valence electrons. The van der Waals surface area contributed by atoms with Gasteiger partial charge >= 0.3 is 0 Å². The number of hydrogen-bond donors (Lipinski definition) is 3. The van der Waals surface area contributed by atoms with Gasteiger partial charge in [0.15, 0.2) is 0 Å². The molecule has 0 radical (unpaired) electrons. The Morgan fingerprint density at radius 3 is 2.00 bits per heavy atom. The van der Waals surface area contributed by atoms with E-state index in [0.717, 1.165) is 27.7 Å². The SMILES string of the molecule is c1cc(-c2cn[nH]n2)[nH]n1.c1csc(-c2ccn[nH]2)c1.c1csc(-c2ccon2)c1. The average molecular weight is 437 g/mol. The molecule has 0 amide bonds. The van der Waals surface area contributed by atoms with Crippen LogP contribution >= 0.6 is 22.7 Å². The fraction of sp³-hybridized carbons (Fsp3) is 0. The Morgan fingerprint density at radius 2 is 1.47 bits per heavy atom. The molecule has 3 N–H and O–H groups in total. The number of rotatable bonds is 3. The Labute approximate surface area is 178 Å². The Morgan fingerprint density at radius 1 is 0.733 bits per heavy atom. The van der Waals surface area contributed by atoms with Crippen LogP contribution in [0.2, 0.25) is 0 Å². The molecule has 0 aromatic carbocycles. The average Bonchev–Trinajstić information content (AvgIpc) is 3.66. The van der Waals surface area contributed by atoms with Gasteiger partial charge < -0.3 is 4.52 Å². The van der Waals surface area contributed by atoms with E-state index >= 15 is 0 Å². The van der Waals surface area contributed by atoms with E-state index < -0.39 is 0 Å². The minimum Gasteiger partial charge on any atom is -0.364 e. The number of aromatic nitrogens is 8. The van der Waals surface area contributed by atoms with E-state index in [0.29, 0.717) is 0 Å². The van der Waals surface area contributed by atoms with Crippen molar-refractivity contribution < 1.29 is 4.52 Å². The summed E-state index contributed by atoms with van der Waals surface area (Å²) in [6.07, 6.45) is 6.64. The predicted molar refractivity (Wildman–Crippen MR) is 116 cm³/mol. The summed E-state index contributed by atoms with van der Waals surface area (Å²) in [5.41, 5.74) is 3.65. The van der Waals surface area contributed by atoms with Crippen molar-refractivity contribution in [3.05, 3.63) is 78.1 Å². The van der Waals surface area contributed by atoms with Gasteiger partial charge in [0.05, 0.1) is 27.3 Å². The number of hydrogen-bond acceptors (Lipinski definition) is 8. The summed E-state index contributed by atoms with van der Waals surface area (Å²) in [4.78, 5) is 2.38. The van der Waals surface area contributed by atoms with Crippen LogP contribution in [0.25, 0.3) is 32.5 Å². The van der Waals surface area contributed by atoms with E-state index in [2.05, 4.69) is 52.4 Å². The fourth-order valence-corrected chi connectivity index (χ4v) is 3.71. The number of nitrogens with one attached hydrogen (secondary N) is 3. The van der Waals surface area contributed by atoms with Crippen molar-refractivity contribution in [2.45, 2.75) is 0 Å². The first-order valence-corrected chi connectivity index (χ1v) is 10.5. The maximum absolute atomic E-state index is 4.69. The summed E-state index contributed by atoms with van der Waals surface area (Å²) in [5.74, 6) is 0. The third kappa shape index (κ3) is 5.16. The van der Waals surface area contributed by atoms with Crippen molar-refractivity contribution in [2.24, 2.45) is 0 Å². The van der Waals surface area contributed by atoms with Gasteiger partial charge in [0, 0.05) is 18.5 Å². The first-order chi connectivity index (χ1) is 14.9. The van der Waals surface area contributed by atoms with Crippen molar-refractivity contribution >= 4 is 22.7 Å². The van der Waals surface area contributed by atoms with Crippen LogP contribution in [0.15, 0.2) is 82.6 Å². The van der Waals surface area contributed by atoms with Crippen molar-refractivity contribution in [3.8, 4) is 32.5 Å². The van der Waals surface area contributed by atoms with Crippen molar-refractivity contribution in [2.75, 3.05) is 0 Å². The second kappa shape index (κ2) is 10.1. The van der Waals surface area contributed by atoms with Gasteiger partial charge in [0.2, 0.25) is 0 Å². The molecule has 11 heteroatoms. The van der Waals surface area contributed by atoms with Crippen LogP contribution in [-0.2, 0) is 0 Å². The third-order valence-electron chi connectivity index (χ3n) is 3.69. The topological polar surface area (TPSA) is 125 Å². The molecular formula is C19H16N8OS2. The molecule has 0 spiro atoms. The predicted octanol–water partition coefficient (Wildman–Crippen LogP) is 4.74. The van der Waals surface area contributed by atoms with Crippen LogP contribution in [-0.4, -0.2) is 41.0 Å². The molecule has 0 saturated heterocycles. The number of thiophene rings is 2. The molecule has 0 aliphatic carbocycles. The summed E-state index contributed by atoms with van der Waals surface area (Å²) in [7, 11) is 0. The highest BCUT2D eigenvalue weighted by atomic mass is 32.1. The Hall–Kier alpha value is -3.83. The van der Waals surface area contributed by atoms with Crippen LogP contribution in [0.5, 0.6) is 0 Å². The van der Waals surface area contributed by atoms with Crippen LogP contribution in [0, 0.1) is 0 Å². The van der Waals surface area contributed by atoms with Crippen molar-refractivity contribution in [3.63, 3.8) is 0 Å². The molecule has 6 rings (SSSR count). The normalized spacial score (nSPS) is 10.0. The van der Waals surface area contributed by atoms with Gasteiger partial charge in [-0.1, -0.05) is 17.3 Å². The first kappa shape index (κ1) is 19.5. The van der Waals surface area contributed by atoms with E-state index in [4.69, 9.17) is 4.52 Å². The Kier molecular flexibility index (Phi) is 6.55. The molecule has 0 aliphatic heterocycles. The summed E-state index contributed by atoms with van der Waals surface area (Å²) in [6.45, 7) is 0. The number of H-pyrrole nitrogens is 3. The van der Waals surface area contributed by atoms with Crippen molar-refractivity contribution in [1.29, 1.82) is 0 Å². The molecule has 30 heavy (non-hydrogen) atoms. The maximum atomic E-state index is 4.69.